The third kappa shape index (κ3) is 3.62. The molecule has 1 aliphatic heterocycles. The predicted octanol–water partition coefficient (Wildman–Crippen LogP) is 3.06. The van der Waals surface area contributed by atoms with E-state index in [9.17, 15) is 0 Å². The maximum absolute atomic E-state index is 4.38. The van der Waals surface area contributed by atoms with Gasteiger partial charge in [-0.25, -0.2) is 4.68 Å². The van der Waals surface area contributed by atoms with Crippen LogP contribution in [0.1, 0.15) is 82.5 Å². The van der Waals surface area contributed by atoms with E-state index in [1.165, 1.54) is 44.9 Å². The Balaban J connectivity index is 1.59. The molecule has 1 aliphatic carbocycles. The molecule has 3 rings (SSSR count). The van der Waals surface area contributed by atoms with Gasteiger partial charge in [-0.1, -0.05) is 26.2 Å². The van der Waals surface area contributed by atoms with Gasteiger partial charge in [0.2, 0.25) is 0 Å². The van der Waals surface area contributed by atoms with E-state index in [1.807, 2.05) is 0 Å². The zero-order valence-electron chi connectivity index (χ0n) is 13.3. The summed E-state index contributed by atoms with van der Waals surface area (Å²) < 4.78 is 2.15. The molecule has 118 valence electrons. The van der Waals surface area contributed by atoms with Crippen molar-refractivity contribution in [1.82, 2.24) is 25.5 Å². The minimum Gasteiger partial charge on any atom is -0.317 e. The van der Waals surface area contributed by atoms with Crippen LogP contribution in [-0.2, 0) is 0 Å². The van der Waals surface area contributed by atoms with Gasteiger partial charge in [-0.15, -0.1) is 5.10 Å². The van der Waals surface area contributed by atoms with Crippen LogP contribution in [0.2, 0.25) is 0 Å². The fourth-order valence-electron chi connectivity index (χ4n) is 3.98. The van der Waals surface area contributed by atoms with Crippen molar-refractivity contribution < 1.29 is 0 Å². The Bertz CT molecular complexity index is 416. The van der Waals surface area contributed by atoms with Crippen molar-refractivity contribution >= 4 is 0 Å². The molecule has 1 aromatic rings. The van der Waals surface area contributed by atoms with Crippen LogP contribution in [-0.4, -0.2) is 33.3 Å². The van der Waals surface area contributed by atoms with Crippen molar-refractivity contribution in [2.75, 3.05) is 13.1 Å². The van der Waals surface area contributed by atoms with Crippen LogP contribution >= 0.6 is 0 Å². The van der Waals surface area contributed by atoms with Gasteiger partial charge < -0.3 is 5.32 Å². The summed E-state index contributed by atoms with van der Waals surface area (Å²) in [5.41, 5.74) is 0. The minimum atomic E-state index is 0.508. The third-order valence-electron chi connectivity index (χ3n) is 5.35. The second-order valence-electron chi connectivity index (χ2n) is 6.82. The van der Waals surface area contributed by atoms with E-state index >= 15 is 0 Å². The van der Waals surface area contributed by atoms with Crippen LogP contribution in [0.5, 0.6) is 0 Å². The molecule has 1 saturated carbocycles. The summed E-state index contributed by atoms with van der Waals surface area (Å²) in [7, 11) is 0. The average Bonchev–Trinajstić information content (AvgIpc) is 3.04. The number of rotatable bonds is 5. The number of aromatic nitrogens is 4. The first-order valence-electron chi connectivity index (χ1n) is 8.87. The molecule has 2 heterocycles. The minimum absolute atomic E-state index is 0.508. The topological polar surface area (TPSA) is 55.6 Å². The molecule has 5 heteroatoms. The molecular formula is C16H29N5. The number of piperidine rings is 1. The summed E-state index contributed by atoms with van der Waals surface area (Å²) in [6, 6.07) is 0.508. The molecule has 1 saturated heterocycles. The molecule has 2 fully saturated rings. The lowest BCUT2D eigenvalue weighted by atomic mass is 9.79. The van der Waals surface area contributed by atoms with E-state index < -0.39 is 0 Å². The molecule has 1 aromatic heterocycles. The van der Waals surface area contributed by atoms with Gasteiger partial charge in [0.05, 0.1) is 6.04 Å². The van der Waals surface area contributed by atoms with Crippen molar-refractivity contribution in [2.45, 2.75) is 76.7 Å². The number of nitrogens with zero attached hydrogens (tertiary/aromatic N) is 4. The molecule has 0 amide bonds. The first kappa shape index (κ1) is 14.9. The van der Waals surface area contributed by atoms with Gasteiger partial charge in [-0.05, 0) is 68.0 Å². The van der Waals surface area contributed by atoms with Gasteiger partial charge in [0, 0.05) is 5.92 Å². The maximum Gasteiger partial charge on any atom is 0.154 e. The van der Waals surface area contributed by atoms with Crippen molar-refractivity contribution in [3.05, 3.63) is 5.82 Å². The van der Waals surface area contributed by atoms with E-state index in [0.717, 1.165) is 37.7 Å². The molecule has 0 spiro atoms. The van der Waals surface area contributed by atoms with Gasteiger partial charge in [0.15, 0.2) is 5.82 Å². The van der Waals surface area contributed by atoms with E-state index in [1.54, 1.807) is 0 Å². The molecule has 0 radical (unpaired) electrons. The highest BCUT2D eigenvalue weighted by Crippen LogP contribution is 2.37. The van der Waals surface area contributed by atoms with Crippen LogP contribution in [0, 0.1) is 5.92 Å². The summed E-state index contributed by atoms with van der Waals surface area (Å²) in [5, 5.41) is 16.1. The van der Waals surface area contributed by atoms with Gasteiger partial charge in [-0.3, -0.25) is 0 Å². The summed E-state index contributed by atoms with van der Waals surface area (Å²) in [6.45, 7) is 4.47. The Hall–Kier alpha value is -0.970. The van der Waals surface area contributed by atoms with Gasteiger partial charge >= 0.3 is 0 Å². The Labute approximate surface area is 127 Å². The number of hydrogen-bond acceptors (Lipinski definition) is 4. The molecular weight excluding hydrogens is 262 g/mol. The van der Waals surface area contributed by atoms with E-state index in [4.69, 9.17) is 0 Å². The molecule has 2 aliphatic rings. The zero-order chi connectivity index (χ0) is 14.5. The summed E-state index contributed by atoms with van der Waals surface area (Å²) in [6.07, 6.45) is 11.7. The fraction of sp³-hybridized carbons (Fsp3) is 0.938. The highest BCUT2D eigenvalue weighted by molar-refractivity contribution is 4.98. The maximum atomic E-state index is 4.38. The first-order valence-corrected chi connectivity index (χ1v) is 8.87. The first-order chi connectivity index (χ1) is 10.4. The Morgan fingerprint density at radius 3 is 2.57 bits per heavy atom. The standard InChI is InChI=1S/C16H29N5/c1-2-3-4-13-5-7-14(8-6-13)16-18-19-20-21(16)15-9-11-17-12-10-15/h13-15,17H,2-12H2,1H3. The van der Waals surface area contributed by atoms with Crippen molar-refractivity contribution in [3.63, 3.8) is 0 Å². The quantitative estimate of drug-likeness (QED) is 0.906. The van der Waals surface area contributed by atoms with Gasteiger partial charge in [-0.2, -0.15) is 0 Å². The second-order valence-corrected chi connectivity index (χ2v) is 6.82. The van der Waals surface area contributed by atoms with Crippen LogP contribution in [0.3, 0.4) is 0 Å². The Kier molecular flexibility index (Phi) is 5.22. The molecule has 0 bridgehead atoms. The van der Waals surface area contributed by atoms with Crippen LogP contribution in [0.4, 0.5) is 0 Å². The molecule has 0 unspecified atom stereocenters. The molecule has 5 nitrogen and oxygen atoms in total. The Morgan fingerprint density at radius 2 is 1.86 bits per heavy atom. The summed E-state index contributed by atoms with van der Waals surface area (Å²) in [4.78, 5) is 0. The van der Waals surface area contributed by atoms with E-state index in [2.05, 4.69) is 32.4 Å². The van der Waals surface area contributed by atoms with E-state index in [0.29, 0.717) is 12.0 Å². The number of tetrazole rings is 1. The van der Waals surface area contributed by atoms with Crippen molar-refractivity contribution in [2.24, 2.45) is 5.92 Å². The average molecular weight is 291 g/mol. The number of hydrogen-bond donors (Lipinski definition) is 1. The molecule has 0 aromatic carbocycles. The van der Waals surface area contributed by atoms with Crippen LogP contribution in [0.15, 0.2) is 0 Å². The number of nitrogens with one attached hydrogen (secondary N) is 1. The monoisotopic (exact) mass is 291 g/mol. The van der Waals surface area contributed by atoms with Gasteiger partial charge in [0.25, 0.3) is 0 Å². The molecule has 0 atom stereocenters. The third-order valence-corrected chi connectivity index (χ3v) is 5.35. The fourth-order valence-corrected chi connectivity index (χ4v) is 3.98. The second kappa shape index (κ2) is 7.34. The SMILES string of the molecule is CCCCC1CCC(c2nnnn2C2CCNCC2)CC1. The molecule has 21 heavy (non-hydrogen) atoms. The van der Waals surface area contributed by atoms with Gasteiger partial charge in [0.1, 0.15) is 0 Å². The van der Waals surface area contributed by atoms with Crippen LogP contribution < -0.4 is 5.32 Å². The lowest BCUT2D eigenvalue weighted by Crippen LogP contribution is -2.31. The highest BCUT2D eigenvalue weighted by Gasteiger charge is 2.28. The molecule has 1 N–H and O–H groups in total. The lowest BCUT2D eigenvalue weighted by Gasteiger charge is -2.30. The van der Waals surface area contributed by atoms with Crippen LogP contribution in [0.25, 0.3) is 0 Å². The largest absolute Gasteiger partial charge is 0.317 e. The predicted molar refractivity (Wildman–Crippen MR) is 83.2 cm³/mol. The number of unbranched alkanes of at least 4 members (excludes halogenated alkanes) is 1. The lowest BCUT2D eigenvalue weighted by molar-refractivity contribution is 0.276. The Morgan fingerprint density at radius 1 is 1.10 bits per heavy atom. The van der Waals surface area contributed by atoms with Crippen molar-refractivity contribution in [3.8, 4) is 0 Å². The zero-order valence-corrected chi connectivity index (χ0v) is 13.3. The summed E-state index contributed by atoms with van der Waals surface area (Å²) in [5.74, 6) is 2.70. The normalized spacial score (nSPS) is 27.9. The summed E-state index contributed by atoms with van der Waals surface area (Å²) >= 11 is 0. The highest BCUT2D eigenvalue weighted by atomic mass is 15.6. The smallest absolute Gasteiger partial charge is 0.154 e. The van der Waals surface area contributed by atoms with E-state index in [-0.39, 0.29) is 0 Å². The van der Waals surface area contributed by atoms with Crippen molar-refractivity contribution in [1.29, 1.82) is 0 Å².